The molecule has 0 bridgehead atoms. The first kappa shape index (κ1) is 29.4. The van der Waals surface area contributed by atoms with Crippen LogP contribution < -0.4 is 51.4 Å². The third kappa shape index (κ3) is 431. The predicted molar refractivity (Wildman–Crippen MR) is 28.4 cm³/mol. The van der Waals surface area contributed by atoms with Crippen molar-refractivity contribution in [3.05, 3.63) is 30.6 Å². The summed E-state index contributed by atoms with van der Waals surface area (Å²) < 4.78 is 0. The van der Waals surface area contributed by atoms with E-state index >= 15 is 0 Å². The number of hydrogen-bond acceptors (Lipinski definition) is 7. The summed E-state index contributed by atoms with van der Waals surface area (Å²) in [7, 11) is 0. The second kappa shape index (κ2) is 22.6. The Morgan fingerprint density at radius 2 is 0.818 bits per heavy atom. The molecule has 0 atom stereocenters. The van der Waals surface area contributed by atoms with Crippen molar-refractivity contribution < 1.29 is 67.0 Å². The number of nitrogens with zero attached hydrogens (tertiary/aromatic N) is 2. The molecule has 0 heterocycles. The molecule has 0 unspecified atom stereocenters. The van der Waals surface area contributed by atoms with E-state index in [0.29, 0.717) is 0 Å². The average Bonchev–Trinajstić information content (AvgIpc) is 1.25. The fourth-order valence-corrected chi connectivity index (χ4v) is 0. The van der Waals surface area contributed by atoms with E-state index in [0.717, 1.165) is 0 Å². The normalized spacial score (nSPS) is 4.36. The van der Waals surface area contributed by atoms with E-state index < -0.39 is 10.2 Å². The van der Waals surface area contributed by atoms with Crippen molar-refractivity contribution in [1.82, 2.24) is 0 Å². The largest absolute Gasteiger partial charge is 2.00 e. The number of rotatable bonds is 0. The molecule has 11 heavy (non-hydrogen) atoms. The van der Waals surface area contributed by atoms with Crippen LogP contribution in [0.5, 0.6) is 0 Å². The molecular weight excluding hydrogens is 316 g/mol. The third-order valence-electron chi connectivity index (χ3n) is 0. The van der Waals surface area contributed by atoms with Crippen LogP contribution in [0, 0.1) is 30.6 Å². The Morgan fingerprint density at radius 3 is 0.818 bits per heavy atom. The quantitative estimate of drug-likeness (QED) is 0.249. The molecule has 0 rings (SSSR count). The molecule has 56 valence electrons. The second-order valence-electron chi connectivity index (χ2n) is 0.447. The van der Waals surface area contributed by atoms with Gasteiger partial charge in [0.25, 0.3) is 0 Å². The van der Waals surface area contributed by atoms with Crippen LogP contribution in [0.4, 0.5) is 0 Å². The standard InChI is InChI=1S/Ba.K.2NO3.H2O/c;;2*2-1(3)4;/h;;;;1H2/q+2;+1;2*-1;/p-1. The van der Waals surface area contributed by atoms with Gasteiger partial charge in [-0.3, -0.25) is 0 Å². The van der Waals surface area contributed by atoms with Crippen molar-refractivity contribution in [3.63, 3.8) is 0 Å². The van der Waals surface area contributed by atoms with Gasteiger partial charge in [0.2, 0.25) is 0 Å². The van der Waals surface area contributed by atoms with Crippen LogP contribution in [0.15, 0.2) is 0 Å². The summed E-state index contributed by atoms with van der Waals surface area (Å²) in [5.41, 5.74) is 0. The van der Waals surface area contributed by atoms with E-state index in [1.807, 2.05) is 0 Å². The van der Waals surface area contributed by atoms with Crippen molar-refractivity contribution >= 4 is 48.9 Å². The van der Waals surface area contributed by atoms with Crippen molar-refractivity contribution in [3.8, 4) is 0 Å². The average molecular weight is 317 g/mol. The molecule has 0 saturated heterocycles. The smallest absolute Gasteiger partial charge is 0.870 e. The topological polar surface area (TPSA) is 162 Å². The summed E-state index contributed by atoms with van der Waals surface area (Å²) >= 11 is 0. The monoisotopic (exact) mass is 318 g/mol. The van der Waals surface area contributed by atoms with E-state index in [2.05, 4.69) is 0 Å². The zero-order valence-electron chi connectivity index (χ0n) is 5.50. The molecule has 0 fully saturated rings. The maximum atomic E-state index is 8.25. The van der Waals surface area contributed by atoms with Gasteiger partial charge in [-0.25, -0.2) is 0 Å². The maximum Gasteiger partial charge on any atom is 2.00 e. The van der Waals surface area contributed by atoms with Crippen LogP contribution in [0.3, 0.4) is 0 Å². The molecule has 0 radical (unpaired) electrons. The number of hydrogen-bond donors (Lipinski definition) is 0. The zero-order chi connectivity index (χ0) is 7.15. The van der Waals surface area contributed by atoms with Gasteiger partial charge in [-0.15, -0.1) is 0 Å². The molecule has 0 aliphatic carbocycles. The van der Waals surface area contributed by atoms with Gasteiger partial charge < -0.3 is 36.1 Å². The van der Waals surface area contributed by atoms with Crippen LogP contribution in [0.1, 0.15) is 0 Å². The van der Waals surface area contributed by atoms with Crippen LogP contribution in [0.2, 0.25) is 0 Å². The van der Waals surface area contributed by atoms with Gasteiger partial charge in [0, 0.05) is 0 Å². The Kier molecular flexibility index (Phi) is 60.2. The van der Waals surface area contributed by atoms with E-state index in [-0.39, 0.29) is 106 Å². The summed E-state index contributed by atoms with van der Waals surface area (Å²) in [5, 5.41) is 29.5. The molecule has 0 spiro atoms. The molecule has 0 amide bonds. The molecule has 0 aliphatic rings. The molecule has 0 aromatic rings. The predicted octanol–water partition coefficient (Wildman–Crippen LogP) is -4.03. The van der Waals surface area contributed by atoms with Gasteiger partial charge in [0.15, 0.2) is 0 Å². The molecule has 9 nitrogen and oxygen atoms in total. The van der Waals surface area contributed by atoms with Crippen LogP contribution in [-0.4, -0.2) is 64.5 Å². The van der Waals surface area contributed by atoms with Crippen molar-refractivity contribution in [2.75, 3.05) is 0 Å². The Bertz CT molecular complexity index is 74.4. The first-order chi connectivity index (χ1) is 3.46. The molecule has 11 heteroatoms. The first-order valence-electron chi connectivity index (χ1n) is 1.10. The molecule has 0 aromatic heterocycles. The first-order valence-corrected chi connectivity index (χ1v) is 1.10. The van der Waals surface area contributed by atoms with Gasteiger partial charge >= 0.3 is 100 Å². The summed E-state index contributed by atoms with van der Waals surface area (Å²) in [4.78, 5) is 16.5. The second-order valence-corrected chi connectivity index (χ2v) is 0.447. The summed E-state index contributed by atoms with van der Waals surface area (Å²) in [6.45, 7) is 0. The van der Waals surface area contributed by atoms with E-state index in [4.69, 9.17) is 30.6 Å². The Hall–Kier alpha value is 1.57. The Balaban J connectivity index is -0.0000000171. The van der Waals surface area contributed by atoms with Crippen LogP contribution in [-0.2, 0) is 0 Å². The van der Waals surface area contributed by atoms with Gasteiger partial charge in [-0.2, -0.15) is 0 Å². The Morgan fingerprint density at radius 1 is 0.818 bits per heavy atom. The van der Waals surface area contributed by atoms with E-state index in [1.54, 1.807) is 0 Å². The van der Waals surface area contributed by atoms with Gasteiger partial charge in [0.05, 0.1) is 10.2 Å². The minimum atomic E-state index is -1.75. The SMILES string of the molecule is O=[N+]([O-])[O-].O=[N+]([O-])[O-].[Ba+2].[K+].[OH-]. The molecule has 0 saturated carbocycles. The summed E-state index contributed by atoms with van der Waals surface area (Å²) in [6, 6.07) is 0. The van der Waals surface area contributed by atoms with Crippen molar-refractivity contribution in [1.29, 1.82) is 0 Å². The van der Waals surface area contributed by atoms with Gasteiger partial charge in [-0.1, -0.05) is 0 Å². The molecule has 0 aromatic carbocycles. The van der Waals surface area contributed by atoms with E-state index in [9.17, 15) is 0 Å². The minimum absolute atomic E-state index is 0. The maximum absolute atomic E-state index is 8.25. The van der Waals surface area contributed by atoms with Gasteiger partial charge in [0.1, 0.15) is 0 Å². The molecular formula is HBaKN2O7. The van der Waals surface area contributed by atoms with Crippen molar-refractivity contribution in [2.24, 2.45) is 0 Å². The van der Waals surface area contributed by atoms with E-state index in [1.165, 1.54) is 0 Å². The fourth-order valence-electron chi connectivity index (χ4n) is 0. The molecule has 0 aliphatic heterocycles. The Labute approximate surface area is 143 Å². The van der Waals surface area contributed by atoms with Crippen LogP contribution >= 0.6 is 0 Å². The fraction of sp³-hybridized carbons (Fsp3) is 0. The minimum Gasteiger partial charge on any atom is -0.870 e. The van der Waals surface area contributed by atoms with Gasteiger partial charge in [-0.05, 0) is 0 Å². The van der Waals surface area contributed by atoms with Crippen molar-refractivity contribution in [2.45, 2.75) is 0 Å². The third-order valence-corrected chi connectivity index (χ3v) is 0. The zero-order valence-corrected chi connectivity index (χ0v) is 13.1. The summed E-state index contributed by atoms with van der Waals surface area (Å²) in [6.07, 6.45) is 0. The summed E-state index contributed by atoms with van der Waals surface area (Å²) in [5.74, 6) is 0. The van der Waals surface area contributed by atoms with Crippen LogP contribution in [0.25, 0.3) is 0 Å². The molecule has 1 N–H and O–H groups in total.